The summed E-state index contributed by atoms with van der Waals surface area (Å²) in [6.45, 7) is 0. The quantitative estimate of drug-likeness (QED) is 0.217. The van der Waals surface area contributed by atoms with Gasteiger partial charge in [0, 0.05) is 21.7 Å². The van der Waals surface area contributed by atoms with E-state index in [0.717, 1.165) is 27.8 Å². The highest BCUT2D eigenvalue weighted by Crippen LogP contribution is 2.39. The zero-order chi connectivity index (χ0) is 26.2. The molecule has 0 unspecified atom stereocenters. The fourth-order valence-electron chi connectivity index (χ4n) is 5.13. The fraction of sp³-hybridized carbons (Fsp3) is 0. The van der Waals surface area contributed by atoms with E-state index in [4.69, 9.17) is 26.6 Å². The lowest BCUT2D eigenvalue weighted by molar-refractivity contribution is 1.07. The standard InChI is InChI=1S/C35H22ClN3/c36-29-21-27(32-30-17-9-7-15-25(30)19-26-16-8-10-18-31(26)32)20-28(22-29)35-38-33(23-11-3-1-4-12-23)37-34(39-35)24-13-5-2-6-14-24/h1-22H. The van der Waals surface area contributed by atoms with Gasteiger partial charge in [-0.2, -0.15) is 0 Å². The van der Waals surface area contributed by atoms with Crippen LogP contribution in [0.1, 0.15) is 0 Å². The van der Waals surface area contributed by atoms with E-state index in [2.05, 4.69) is 60.7 Å². The third-order valence-corrected chi connectivity index (χ3v) is 7.13. The predicted molar refractivity (Wildman–Crippen MR) is 162 cm³/mol. The Labute approximate surface area is 231 Å². The first-order chi connectivity index (χ1) is 19.2. The van der Waals surface area contributed by atoms with Crippen LogP contribution in [0, 0.1) is 0 Å². The molecule has 0 amide bonds. The Kier molecular flexibility index (Phi) is 5.84. The van der Waals surface area contributed by atoms with Gasteiger partial charge in [0.2, 0.25) is 0 Å². The van der Waals surface area contributed by atoms with Gasteiger partial charge in [-0.3, -0.25) is 0 Å². The average molecular weight is 520 g/mol. The molecule has 1 aromatic heterocycles. The molecule has 4 heteroatoms. The molecule has 0 fully saturated rings. The number of rotatable bonds is 4. The fourth-order valence-corrected chi connectivity index (χ4v) is 5.36. The molecule has 0 atom stereocenters. The van der Waals surface area contributed by atoms with Crippen molar-refractivity contribution in [3.05, 3.63) is 138 Å². The van der Waals surface area contributed by atoms with E-state index in [1.807, 2.05) is 72.8 Å². The van der Waals surface area contributed by atoms with Crippen LogP contribution in [-0.4, -0.2) is 15.0 Å². The minimum Gasteiger partial charge on any atom is -0.208 e. The molecule has 7 rings (SSSR count). The van der Waals surface area contributed by atoms with Crippen LogP contribution < -0.4 is 0 Å². The molecule has 3 nitrogen and oxygen atoms in total. The van der Waals surface area contributed by atoms with Crippen LogP contribution >= 0.6 is 11.6 Å². The Bertz CT molecular complexity index is 1860. The lowest BCUT2D eigenvalue weighted by atomic mass is 9.91. The number of benzene rings is 6. The Morgan fingerprint density at radius 2 is 0.821 bits per heavy atom. The zero-order valence-corrected chi connectivity index (χ0v) is 21.7. The summed E-state index contributed by atoms with van der Waals surface area (Å²) in [5.74, 6) is 1.82. The zero-order valence-electron chi connectivity index (χ0n) is 20.9. The maximum absolute atomic E-state index is 6.79. The molecule has 0 spiro atoms. The van der Waals surface area contributed by atoms with Gasteiger partial charge < -0.3 is 0 Å². The highest BCUT2D eigenvalue weighted by molar-refractivity contribution is 6.31. The number of aromatic nitrogens is 3. The van der Waals surface area contributed by atoms with Crippen LogP contribution in [0.3, 0.4) is 0 Å². The van der Waals surface area contributed by atoms with Gasteiger partial charge in [-0.15, -0.1) is 0 Å². The van der Waals surface area contributed by atoms with Gasteiger partial charge >= 0.3 is 0 Å². The van der Waals surface area contributed by atoms with Crippen LogP contribution in [-0.2, 0) is 0 Å². The SMILES string of the molecule is Clc1cc(-c2nc(-c3ccccc3)nc(-c3ccccc3)n2)cc(-c2c3ccccc3cc3ccccc23)c1. The molecule has 1 heterocycles. The summed E-state index contributed by atoms with van der Waals surface area (Å²) in [5.41, 5.74) is 4.87. The third-order valence-electron chi connectivity index (χ3n) is 6.92. The second-order valence-corrected chi connectivity index (χ2v) is 9.90. The lowest BCUT2D eigenvalue weighted by Gasteiger charge is -2.14. The summed E-state index contributed by atoms with van der Waals surface area (Å²) in [4.78, 5) is 14.7. The molecule has 0 N–H and O–H groups in total. The summed E-state index contributed by atoms with van der Waals surface area (Å²) in [6, 6.07) is 45.3. The van der Waals surface area contributed by atoms with Crippen molar-refractivity contribution < 1.29 is 0 Å². The number of hydrogen-bond donors (Lipinski definition) is 0. The molecule has 0 saturated carbocycles. The van der Waals surface area contributed by atoms with E-state index < -0.39 is 0 Å². The highest BCUT2D eigenvalue weighted by Gasteiger charge is 2.16. The van der Waals surface area contributed by atoms with Crippen molar-refractivity contribution in [1.82, 2.24) is 15.0 Å². The molecule has 0 aliphatic rings. The van der Waals surface area contributed by atoms with Crippen LogP contribution in [0.2, 0.25) is 5.02 Å². The van der Waals surface area contributed by atoms with Crippen molar-refractivity contribution in [1.29, 1.82) is 0 Å². The molecule has 0 radical (unpaired) electrons. The Balaban J connectivity index is 1.48. The Morgan fingerprint density at radius 1 is 0.385 bits per heavy atom. The van der Waals surface area contributed by atoms with E-state index in [1.54, 1.807) is 0 Å². The monoisotopic (exact) mass is 519 g/mol. The van der Waals surface area contributed by atoms with Gasteiger partial charge in [0.25, 0.3) is 0 Å². The maximum Gasteiger partial charge on any atom is 0.164 e. The van der Waals surface area contributed by atoms with Crippen molar-refractivity contribution in [3.8, 4) is 45.3 Å². The number of fused-ring (bicyclic) bond motifs is 2. The molecular weight excluding hydrogens is 498 g/mol. The topological polar surface area (TPSA) is 38.7 Å². The number of hydrogen-bond acceptors (Lipinski definition) is 3. The molecule has 7 aromatic rings. The van der Waals surface area contributed by atoms with E-state index in [0.29, 0.717) is 22.5 Å². The lowest BCUT2D eigenvalue weighted by Crippen LogP contribution is -2.00. The van der Waals surface area contributed by atoms with Crippen molar-refractivity contribution in [2.75, 3.05) is 0 Å². The van der Waals surface area contributed by atoms with Gasteiger partial charge in [-0.1, -0.05) is 121 Å². The molecule has 184 valence electrons. The van der Waals surface area contributed by atoms with Crippen LogP contribution in [0.15, 0.2) is 133 Å². The van der Waals surface area contributed by atoms with Gasteiger partial charge in [0.1, 0.15) is 0 Å². The first-order valence-electron chi connectivity index (χ1n) is 12.8. The van der Waals surface area contributed by atoms with Crippen molar-refractivity contribution in [2.45, 2.75) is 0 Å². The molecule has 0 aliphatic heterocycles. The largest absolute Gasteiger partial charge is 0.208 e. The molecule has 6 aromatic carbocycles. The molecule has 39 heavy (non-hydrogen) atoms. The predicted octanol–water partition coefficient (Wildman–Crippen LogP) is 9.50. The third kappa shape index (κ3) is 4.43. The van der Waals surface area contributed by atoms with Gasteiger partial charge in [0.05, 0.1) is 0 Å². The second kappa shape index (κ2) is 9.79. The highest BCUT2D eigenvalue weighted by atomic mass is 35.5. The second-order valence-electron chi connectivity index (χ2n) is 9.46. The van der Waals surface area contributed by atoms with Gasteiger partial charge in [-0.05, 0) is 56.9 Å². The van der Waals surface area contributed by atoms with E-state index in [-0.39, 0.29) is 0 Å². The normalized spacial score (nSPS) is 11.2. The Morgan fingerprint density at radius 3 is 1.36 bits per heavy atom. The first-order valence-corrected chi connectivity index (χ1v) is 13.2. The molecule has 0 aliphatic carbocycles. The molecular formula is C35H22ClN3. The van der Waals surface area contributed by atoms with E-state index >= 15 is 0 Å². The molecule has 0 bridgehead atoms. The van der Waals surface area contributed by atoms with E-state index in [9.17, 15) is 0 Å². The van der Waals surface area contributed by atoms with Crippen molar-refractivity contribution in [2.24, 2.45) is 0 Å². The number of halogens is 1. The summed E-state index contributed by atoms with van der Waals surface area (Å²) < 4.78 is 0. The summed E-state index contributed by atoms with van der Waals surface area (Å²) in [5, 5.41) is 5.35. The minimum absolute atomic E-state index is 0.580. The number of nitrogens with zero attached hydrogens (tertiary/aromatic N) is 3. The van der Waals surface area contributed by atoms with Gasteiger partial charge in [-0.25, -0.2) is 15.0 Å². The maximum atomic E-state index is 6.79. The van der Waals surface area contributed by atoms with E-state index in [1.165, 1.54) is 21.5 Å². The van der Waals surface area contributed by atoms with Crippen molar-refractivity contribution in [3.63, 3.8) is 0 Å². The average Bonchev–Trinajstić information content (AvgIpc) is 3.00. The van der Waals surface area contributed by atoms with Gasteiger partial charge in [0.15, 0.2) is 17.5 Å². The van der Waals surface area contributed by atoms with Crippen LogP contribution in [0.5, 0.6) is 0 Å². The minimum atomic E-state index is 0.580. The smallest absolute Gasteiger partial charge is 0.164 e. The van der Waals surface area contributed by atoms with Crippen molar-refractivity contribution >= 4 is 33.1 Å². The first kappa shape index (κ1) is 23.3. The van der Waals surface area contributed by atoms with Crippen LogP contribution in [0.4, 0.5) is 0 Å². The Hall–Kier alpha value is -4.86. The van der Waals surface area contributed by atoms with Crippen LogP contribution in [0.25, 0.3) is 66.8 Å². The summed E-state index contributed by atoms with van der Waals surface area (Å²) >= 11 is 6.79. The molecule has 0 saturated heterocycles. The summed E-state index contributed by atoms with van der Waals surface area (Å²) in [6.07, 6.45) is 0. The summed E-state index contributed by atoms with van der Waals surface area (Å²) in [7, 11) is 0.